The minimum absolute atomic E-state index is 0.159. The molecular weight excluding hydrogens is 142 g/mol. The highest BCUT2D eigenvalue weighted by atomic mass is 16.9. The van der Waals surface area contributed by atoms with E-state index in [1.54, 1.807) is 0 Å². The quantitative estimate of drug-likeness (QED) is 0.612. The maximum absolute atomic E-state index is 5.40. The average Bonchev–Trinajstić information content (AvgIpc) is 2.02. The SMILES string of the molecule is CNC1CCC2(CC1)OCO2. The van der Waals surface area contributed by atoms with Crippen molar-refractivity contribution in [2.45, 2.75) is 37.5 Å². The Morgan fingerprint density at radius 3 is 2.27 bits per heavy atom. The molecule has 0 atom stereocenters. The first-order valence-corrected chi connectivity index (χ1v) is 4.30. The van der Waals surface area contributed by atoms with E-state index in [1.807, 2.05) is 7.05 Å². The summed E-state index contributed by atoms with van der Waals surface area (Å²) in [6, 6.07) is 0.674. The molecule has 1 N–H and O–H groups in total. The van der Waals surface area contributed by atoms with E-state index in [4.69, 9.17) is 9.47 Å². The summed E-state index contributed by atoms with van der Waals surface area (Å²) in [4.78, 5) is 0. The molecule has 0 bridgehead atoms. The lowest BCUT2D eigenvalue weighted by Crippen LogP contribution is -2.51. The van der Waals surface area contributed by atoms with Gasteiger partial charge in [0.2, 0.25) is 0 Å². The van der Waals surface area contributed by atoms with Crippen molar-refractivity contribution in [2.24, 2.45) is 0 Å². The standard InChI is InChI=1S/C8H15NO2/c1-9-7-2-4-8(5-3-7)10-6-11-8/h7,9H,2-6H2,1H3. The lowest BCUT2D eigenvalue weighted by Gasteiger charge is -2.45. The lowest BCUT2D eigenvalue weighted by atomic mass is 9.89. The second kappa shape index (κ2) is 2.73. The number of ether oxygens (including phenoxy) is 2. The molecule has 1 spiro atoms. The fraction of sp³-hybridized carbons (Fsp3) is 1.00. The van der Waals surface area contributed by atoms with Crippen LogP contribution in [-0.2, 0) is 9.47 Å². The van der Waals surface area contributed by atoms with Crippen molar-refractivity contribution < 1.29 is 9.47 Å². The zero-order valence-electron chi connectivity index (χ0n) is 6.93. The average molecular weight is 157 g/mol. The van der Waals surface area contributed by atoms with Gasteiger partial charge >= 0.3 is 0 Å². The highest BCUT2D eigenvalue weighted by Gasteiger charge is 2.42. The Morgan fingerprint density at radius 2 is 1.91 bits per heavy atom. The molecule has 1 saturated heterocycles. The monoisotopic (exact) mass is 157 g/mol. The van der Waals surface area contributed by atoms with Crippen molar-refractivity contribution in [1.29, 1.82) is 0 Å². The number of hydrogen-bond acceptors (Lipinski definition) is 3. The molecule has 0 aromatic heterocycles. The van der Waals surface area contributed by atoms with Crippen molar-refractivity contribution in [1.82, 2.24) is 5.32 Å². The van der Waals surface area contributed by atoms with Crippen molar-refractivity contribution in [3.8, 4) is 0 Å². The van der Waals surface area contributed by atoms with Crippen LogP contribution in [-0.4, -0.2) is 25.7 Å². The van der Waals surface area contributed by atoms with Crippen LogP contribution in [0.2, 0.25) is 0 Å². The molecule has 0 aromatic carbocycles. The van der Waals surface area contributed by atoms with E-state index >= 15 is 0 Å². The first kappa shape index (κ1) is 7.53. The fourth-order valence-electron chi connectivity index (χ4n) is 1.86. The van der Waals surface area contributed by atoms with Gasteiger partial charge in [-0.25, -0.2) is 0 Å². The van der Waals surface area contributed by atoms with Gasteiger partial charge in [-0.1, -0.05) is 0 Å². The second-order valence-corrected chi connectivity index (χ2v) is 3.38. The summed E-state index contributed by atoms with van der Waals surface area (Å²) in [5, 5.41) is 3.28. The maximum atomic E-state index is 5.40. The summed E-state index contributed by atoms with van der Waals surface area (Å²) in [7, 11) is 2.02. The lowest BCUT2D eigenvalue weighted by molar-refractivity contribution is -0.407. The van der Waals surface area contributed by atoms with Gasteiger partial charge in [0.15, 0.2) is 12.6 Å². The van der Waals surface area contributed by atoms with Gasteiger partial charge in [-0.2, -0.15) is 0 Å². The molecule has 2 rings (SSSR count). The van der Waals surface area contributed by atoms with Gasteiger partial charge < -0.3 is 14.8 Å². The van der Waals surface area contributed by atoms with Gasteiger partial charge in [-0.3, -0.25) is 0 Å². The van der Waals surface area contributed by atoms with Crippen LogP contribution in [0.15, 0.2) is 0 Å². The van der Waals surface area contributed by atoms with Crippen LogP contribution in [0.5, 0.6) is 0 Å². The predicted octanol–water partition coefficient (Wildman–Crippen LogP) is 0.849. The molecule has 2 aliphatic rings. The third kappa shape index (κ3) is 1.28. The van der Waals surface area contributed by atoms with Crippen LogP contribution < -0.4 is 5.32 Å². The largest absolute Gasteiger partial charge is 0.324 e. The van der Waals surface area contributed by atoms with Crippen LogP contribution >= 0.6 is 0 Å². The second-order valence-electron chi connectivity index (χ2n) is 3.38. The fourth-order valence-corrected chi connectivity index (χ4v) is 1.86. The summed E-state index contributed by atoms with van der Waals surface area (Å²) < 4.78 is 10.8. The molecule has 1 heterocycles. The number of hydrogen-bond donors (Lipinski definition) is 1. The molecule has 1 saturated carbocycles. The van der Waals surface area contributed by atoms with E-state index in [2.05, 4.69) is 5.32 Å². The van der Waals surface area contributed by atoms with Crippen LogP contribution in [0.25, 0.3) is 0 Å². The Kier molecular flexibility index (Phi) is 1.87. The summed E-state index contributed by atoms with van der Waals surface area (Å²) in [6.07, 6.45) is 4.46. The van der Waals surface area contributed by atoms with Crippen molar-refractivity contribution in [2.75, 3.05) is 13.8 Å². The Bertz CT molecular complexity index is 135. The maximum Gasteiger partial charge on any atom is 0.174 e. The zero-order valence-corrected chi connectivity index (χ0v) is 6.93. The molecule has 2 fully saturated rings. The third-order valence-electron chi connectivity index (χ3n) is 2.80. The summed E-state index contributed by atoms with van der Waals surface area (Å²) in [5.41, 5.74) is 0. The molecular formula is C8H15NO2. The molecule has 1 aliphatic carbocycles. The topological polar surface area (TPSA) is 30.5 Å². The molecule has 3 nitrogen and oxygen atoms in total. The molecule has 0 amide bonds. The van der Waals surface area contributed by atoms with Crippen LogP contribution in [0.4, 0.5) is 0 Å². The van der Waals surface area contributed by atoms with E-state index < -0.39 is 0 Å². The molecule has 0 unspecified atom stereocenters. The Morgan fingerprint density at radius 1 is 1.27 bits per heavy atom. The van der Waals surface area contributed by atoms with Gasteiger partial charge in [0.25, 0.3) is 0 Å². The molecule has 1 aliphatic heterocycles. The molecule has 3 heteroatoms. The third-order valence-corrected chi connectivity index (χ3v) is 2.80. The van der Waals surface area contributed by atoms with E-state index in [0.717, 1.165) is 12.8 Å². The molecule has 0 aromatic rings. The predicted molar refractivity (Wildman–Crippen MR) is 41.1 cm³/mol. The van der Waals surface area contributed by atoms with Gasteiger partial charge in [-0.05, 0) is 19.9 Å². The van der Waals surface area contributed by atoms with E-state index in [9.17, 15) is 0 Å². The summed E-state index contributed by atoms with van der Waals surface area (Å²) >= 11 is 0. The van der Waals surface area contributed by atoms with Gasteiger partial charge in [-0.15, -0.1) is 0 Å². The normalized spacial score (nSPS) is 30.3. The first-order chi connectivity index (χ1) is 5.35. The van der Waals surface area contributed by atoms with E-state index in [1.165, 1.54) is 12.8 Å². The van der Waals surface area contributed by atoms with Crippen molar-refractivity contribution in [3.05, 3.63) is 0 Å². The Labute approximate surface area is 67.1 Å². The minimum Gasteiger partial charge on any atom is -0.324 e. The highest BCUT2D eigenvalue weighted by Crippen LogP contribution is 2.37. The van der Waals surface area contributed by atoms with Gasteiger partial charge in [0.1, 0.15) is 0 Å². The van der Waals surface area contributed by atoms with E-state index in [-0.39, 0.29) is 5.79 Å². The van der Waals surface area contributed by atoms with E-state index in [0.29, 0.717) is 12.8 Å². The Balaban J connectivity index is 1.84. The molecule has 64 valence electrons. The Hall–Kier alpha value is -0.120. The minimum atomic E-state index is -0.159. The summed E-state index contributed by atoms with van der Waals surface area (Å²) in [5.74, 6) is -0.159. The first-order valence-electron chi connectivity index (χ1n) is 4.30. The molecule has 11 heavy (non-hydrogen) atoms. The zero-order chi connectivity index (χ0) is 7.73. The molecule has 0 radical (unpaired) electrons. The van der Waals surface area contributed by atoms with Gasteiger partial charge in [0, 0.05) is 18.9 Å². The van der Waals surface area contributed by atoms with Crippen molar-refractivity contribution in [3.63, 3.8) is 0 Å². The number of nitrogens with one attached hydrogen (secondary N) is 1. The van der Waals surface area contributed by atoms with Crippen LogP contribution in [0, 0.1) is 0 Å². The van der Waals surface area contributed by atoms with Crippen LogP contribution in [0.1, 0.15) is 25.7 Å². The highest BCUT2D eigenvalue weighted by molar-refractivity contribution is 4.84. The summed E-state index contributed by atoms with van der Waals surface area (Å²) in [6.45, 7) is 0.504. The smallest absolute Gasteiger partial charge is 0.174 e. The van der Waals surface area contributed by atoms with Crippen LogP contribution in [0.3, 0.4) is 0 Å². The van der Waals surface area contributed by atoms with Gasteiger partial charge in [0.05, 0.1) is 0 Å². The number of rotatable bonds is 1. The van der Waals surface area contributed by atoms with Crippen molar-refractivity contribution >= 4 is 0 Å².